The van der Waals surface area contributed by atoms with Crippen LogP contribution in [0.3, 0.4) is 0 Å². The fourth-order valence-corrected chi connectivity index (χ4v) is 10.9. The first-order valence-electron chi connectivity index (χ1n) is 13.3. The van der Waals surface area contributed by atoms with Gasteiger partial charge < -0.3 is 20.0 Å². The van der Waals surface area contributed by atoms with Gasteiger partial charge in [0.2, 0.25) is 11.8 Å². The van der Waals surface area contributed by atoms with Crippen molar-refractivity contribution in [3.8, 4) is 0 Å². The van der Waals surface area contributed by atoms with Crippen LogP contribution in [0.5, 0.6) is 0 Å². The Balaban J connectivity index is 1.58. The van der Waals surface area contributed by atoms with Crippen LogP contribution in [0.15, 0.2) is 43.0 Å². The van der Waals surface area contributed by atoms with Crippen molar-refractivity contribution in [2.75, 3.05) is 13.2 Å². The van der Waals surface area contributed by atoms with Gasteiger partial charge in [-0.15, -0.1) is 18.3 Å². The number of rotatable bonds is 9. The highest BCUT2D eigenvalue weighted by molar-refractivity contribution is 9.09. The molecular formula is C28H35BrN2O5S. The van der Waals surface area contributed by atoms with Gasteiger partial charge in [-0.05, 0) is 31.2 Å². The maximum absolute atomic E-state index is 14.6. The molecule has 1 saturated carbocycles. The molecule has 4 aliphatic rings. The third-order valence-corrected chi connectivity index (χ3v) is 12.0. The topological polar surface area (TPSA) is 98.2 Å². The number of halogens is 1. The van der Waals surface area contributed by atoms with Gasteiger partial charge in [-0.2, -0.15) is 0 Å². The number of amides is 2. The summed E-state index contributed by atoms with van der Waals surface area (Å²) < 4.78 is -0.839. The van der Waals surface area contributed by atoms with E-state index in [1.54, 1.807) is 11.0 Å². The van der Waals surface area contributed by atoms with Gasteiger partial charge in [0.05, 0.1) is 29.2 Å². The largest absolute Gasteiger partial charge is 0.481 e. The first-order chi connectivity index (χ1) is 17.8. The fourth-order valence-electron chi connectivity index (χ4n) is 7.27. The summed E-state index contributed by atoms with van der Waals surface area (Å²) in [5, 5.41) is 20.5. The molecule has 1 spiro atoms. The highest BCUT2D eigenvalue weighted by Gasteiger charge is 2.76. The predicted octanol–water partition coefficient (Wildman–Crippen LogP) is 3.49. The van der Waals surface area contributed by atoms with Crippen molar-refractivity contribution < 1.29 is 24.6 Å². The summed E-state index contributed by atoms with van der Waals surface area (Å²) >= 11 is 5.21. The normalized spacial score (nSPS) is 33.8. The van der Waals surface area contributed by atoms with E-state index in [2.05, 4.69) is 22.5 Å². The molecule has 200 valence electrons. The molecule has 3 saturated heterocycles. The molecule has 0 radical (unpaired) electrons. The molecule has 7 atom stereocenters. The van der Waals surface area contributed by atoms with Crippen molar-refractivity contribution >= 4 is 45.5 Å². The lowest BCUT2D eigenvalue weighted by Gasteiger charge is -2.42. The standard InChI is InChI=1S/C28H35BrN2O5S/c1-2-13-30(18-11-7-4-8-12-18)26(34)24-28-15-20(29)23(37-28)21(27(35)36)22(28)25(33)31(24)19(16-32)14-17-9-5-3-6-10-17/h2-3,5-6,9-10,18-24,32H,1,4,7-8,11-16H2,(H,35,36)/t19-,20?,21-,22+,23-,24?,28?/m1/s1. The number of aliphatic hydroxyl groups excluding tert-OH is 1. The second-order valence-electron chi connectivity index (χ2n) is 10.8. The van der Waals surface area contributed by atoms with Gasteiger partial charge in [0.25, 0.3) is 0 Å². The number of likely N-dealkylation sites (tertiary alicyclic amines) is 1. The summed E-state index contributed by atoms with van der Waals surface area (Å²) in [5.74, 6) is -3.09. The van der Waals surface area contributed by atoms with E-state index >= 15 is 0 Å². The Labute approximate surface area is 230 Å². The van der Waals surface area contributed by atoms with E-state index in [9.17, 15) is 24.6 Å². The van der Waals surface area contributed by atoms with Gasteiger partial charge in [0.1, 0.15) is 6.04 Å². The summed E-state index contributed by atoms with van der Waals surface area (Å²) in [4.78, 5) is 44.6. The van der Waals surface area contributed by atoms with Gasteiger partial charge in [0, 0.05) is 22.7 Å². The number of carboxylic acids is 1. The molecule has 5 rings (SSSR count). The minimum absolute atomic E-state index is 0.0759. The molecular weight excluding hydrogens is 556 g/mol. The number of carbonyl (C=O) groups excluding carboxylic acids is 2. The third kappa shape index (κ3) is 4.44. The molecule has 1 aromatic rings. The summed E-state index contributed by atoms with van der Waals surface area (Å²) in [5.41, 5.74) is 0.954. The van der Waals surface area contributed by atoms with Crippen LogP contribution in [0.4, 0.5) is 0 Å². The van der Waals surface area contributed by atoms with Gasteiger partial charge in [-0.25, -0.2) is 0 Å². The molecule has 3 unspecified atom stereocenters. The Morgan fingerprint density at radius 3 is 2.57 bits per heavy atom. The van der Waals surface area contributed by atoms with Gasteiger partial charge in [0.15, 0.2) is 0 Å². The van der Waals surface area contributed by atoms with Crippen LogP contribution in [0.2, 0.25) is 0 Å². The fraction of sp³-hybridized carbons (Fsp3) is 0.607. The molecule has 7 nitrogen and oxygen atoms in total. The van der Waals surface area contributed by atoms with E-state index in [4.69, 9.17) is 0 Å². The number of alkyl halides is 1. The number of benzene rings is 1. The molecule has 9 heteroatoms. The van der Waals surface area contributed by atoms with Crippen LogP contribution in [0, 0.1) is 11.8 Å². The van der Waals surface area contributed by atoms with E-state index in [0.29, 0.717) is 19.4 Å². The lowest BCUT2D eigenvalue weighted by atomic mass is 9.71. The Morgan fingerprint density at radius 2 is 1.95 bits per heavy atom. The minimum Gasteiger partial charge on any atom is -0.481 e. The van der Waals surface area contributed by atoms with E-state index in [1.807, 2.05) is 35.2 Å². The smallest absolute Gasteiger partial charge is 0.308 e. The Morgan fingerprint density at radius 1 is 1.24 bits per heavy atom. The molecule has 4 fully saturated rings. The highest BCUT2D eigenvalue weighted by Crippen LogP contribution is 2.68. The third-order valence-electron chi connectivity index (χ3n) is 8.79. The Bertz CT molecular complexity index is 1050. The van der Waals surface area contributed by atoms with Crippen LogP contribution in [-0.2, 0) is 20.8 Å². The maximum Gasteiger partial charge on any atom is 0.308 e. The van der Waals surface area contributed by atoms with Crippen LogP contribution in [0.1, 0.15) is 44.1 Å². The SMILES string of the molecule is C=CCN(C(=O)C1N([C@@H](CO)Cc2ccccc2)C(=O)[C@@H]2[C@@H](C(=O)O)[C@@H]3SC12CC3Br)C1CCCCC1. The maximum atomic E-state index is 14.6. The van der Waals surface area contributed by atoms with Crippen LogP contribution >= 0.6 is 27.7 Å². The number of thioether (sulfide) groups is 1. The number of aliphatic carboxylic acids is 1. The minimum atomic E-state index is -0.992. The van der Waals surface area contributed by atoms with Crippen molar-refractivity contribution in [1.82, 2.24) is 9.80 Å². The average molecular weight is 592 g/mol. The number of aliphatic hydroxyl groups is 1. The number of carboxylic acid groups (broad SMARTS) is 1. The summed E-state index contributed by atoms with van der Waals surface area (Å²) in [6.45, 7) is 3.98. The Kier molecular flexibility index (Phi) is 7.76. The van der Waals surface area contributed by atoms with E-state index in [1.165, 1.54) is 11.8 Å². The van der Waals surface area contributed by atoms with Gasteiger partial charge in [-0.3, -0.25) is 14.4 Å². The molecule has 2 N–H and O–H groups in total. The zero-order chi connectivity index (χ0) is 26.3. The molecule has 1 aliphatic carbocycles. The van der Waals surface area contributed by atoms with Crippen molar-refractivity contribution in [2.45, 2.75) is 77.9 Å². The van der Waals surface area contributed by atoms with Crippen LogP contribution in [0.25, 0.3) is 0 Å². The number of carbonyl (C=O) groups is 3. The second kappa shape index (κ2) is 10.7. The zero-order valence-electron chi connectivity index (χ0n) is 20.9. The molecule has 0 aromatic heterocycles. The van der Waals surface area contributed by atoms with Crippen molar-refractivity contribution in [2.24, 2.45) is 11.8 Å². The van der Waals surface area contributed by atoms with Crippen molar-refractivity contribution in [3.63, 3.8) is 0 Å². The molecule has 2 amide bonds. The van der Waals surface area contributed by atoms with E-state index in [0.717, 1.165) is 37.7 Å². The quantitative estimate of drug-likeness (QED) is 0.337. The molecule has 3 aliphatic heterocycles. The highest BCUT2D eigenvalue weighted by atomic mass is 79.9. The lowest BCUT2D eigenvalue weighted by Crippen LogP contribution is -2.59. The second-order valence-corrected chi connectivity index (χ2v) is 13.6. The number of nitrogens with zero attached hydrogens (tertiary/aromatic N) is 2. The molecule has 2 bridgehead atoms. The molecule has 37 heavy (non-hydrogen) atoms. The van der Waals surface area contributed by atoms with E-state index < -0.39 is 34.6 Å². The van der Waals surface area contributed by atoms with E-state index in [-0.39, 0.29) is 34.5 Å². The zero-order valence-corrected chi connectivity index (χ0v) is 23.3. The summed E-state index contributed by atoms with van der Waals surface area (Å²) in [7, 11) is 0. The molecule has 1 aromatic carbocycles. The summed E-state index contributed by atoms with van der Waals surface area (Å²) in [6, 6.07) is 8.25. The first kappa shape index (κ1) is 26.8. The predicted molar refractivity (Wildman–Crippen MR) is 146 cm³/mol. The number of hydrogen-bond acceptors (Lipinski definition) is 5. The Hall–Kier alpha value is -1.84. The van der Waals surface area contributed by atoms with Crippen LogP contribution < -0.4 is 0 Å². The monoisotopic (exact) mass is 590 g/mol. The van der Waals surface area contributed by atoms with Gasteiger partial charge >= 0.3 is 5.97 Å². The number of fused-ring (bicyclic) bond motifs is 1. The summed E-state index contributed by atoms with van der Waals surface area (Å²) in [6.07, 6.45) is 7.78. The first-order valence-corrected chi connectivity index (χ1v) is 15.1. The molecule has 3 heterocycles. The van der Waals surface area contributed by atoms with Gasteiger partial charge in [-0.1, -0.05) is 71.6 Å². The van der Waals surface area contributed by atoms with Crippen LogP contribution in [-0.4, -0.2) is 83.9 Å². The number of hydrogen-bond donors (Lipinski definition) is 2. The van der Waals surface area contributed by atoms with Crippen molar-refractivity contribution in [3.05, 3.63) is 48.6 Å². The van der Waals surface area contributed by atoms with Crippen molar-refractivity contribution in [1.29, 1.82) is 0 Å². The lowest BCUT2D eigenvalue weighted by molar-refractivity contribution is -0.150. The average Bonchev–Trinajstić information content (AvgIpc) is 3.50.